The number of nitrogens with one attached hydrogen (secondary N) is 2. The molecule has 0 aliphatic carbocycles. The number of amides is 3. The van der Waals surface area contributed by atoms with Crippen LogP contribution in [0, 0.1) is 11.8 Å². The lowest BCUT2D eigenvalue weighted by atomic mass is 9.88. The van der Waals surface area contributed by atoms with Crippen LogP contribution in [0.2, 0.25) is 5.02 Å². The van der Waals surface area contributed by atoms with Gasteiger partial charge in [-0.3, -0.25) is 28.8 Å². The van der Waals surface area contributed by atoms with Crippen LogP contribution in [-0.4, -0.2) is 70.8 Å². The van der Waals surface area contributed by atoms with Crippen LogP contribution in [0.4, 0.5) is 0 Å². The highest BCUT2D eigenvalue weighted by molar-refractivity contribution is 6.30. The molecule has 4 aromatic carbocycles. The number of Topliss-reactive ketones (excluding diaryl/α,β-unsaturated/α-hetero) is 3. The minimum atomic E-state index is -1.19. The van der Waals surface area contributed by atoms with Crippen molar-refractivity contribution < 1.29 is 38.6 Å². The molecule has 11 nitrogen and oxygen atoms in total. The summed E-state index contributed by atoms with van der Waals surface area (Å²) in [6.45, 7) is 8.88. The largest absolute Gasteiger partial charge is 0.507 e. The third kappa shape index (κ3) is 12.0. The van der Waals surface area contributed by atoms with Gasteiger partial charge in [0, 0.05) is 59.9 Å². The van der Waals surface area contributed by atoms with Gasteiger partial charge >= 0.3 is 0 Å². The molecule has 1 aliphatic heterocycles. The maximum Gasteiger partial charge on any atom is 0.243 e. The van der Waals surface area contributed by atoms with Crippen molar-refractivity contribution in [1.82, 2.24) is 15.5 Å². The summed E-state index contributed by atoms with van der Waals surface area (Å²) in [6.07, 6.45) is 3.23. The minimum Gasteiger partial charge on any atom is -0.507 e. The van der Waals surface area contributed by atoms with Crippen LogP contribution in [0.5, 0.6) is 11.5 Å². The van der Waals surface area contributed by atoms with Crippen LogP contribution in [-0.2, 0) is 30.4 Å². The molecule has 1 aliphatic rings. The fourth-order valence-corrected chi connectivity index (χ4v) is 7.83. The molecule has 5 atom stereocenters. The molecule has 0 radical (unpaired) electrons. The van der Waals surface area contributed by atoms with Gasteiger partial charge in [0.25, 0.3) is 0 Å². The molecule has 0 saturated carbocycles. The van der Waals surface area contributed by atoms with E-state index >= 15 is 0 Å². The first-order valence-electron chi connectivity index (χ1n) is 21.5. The fraction of sp³-hybridized carbons (Fsp3) is 0.400. The summed E-state index contributed by atoms with van der Waals surface area (Å²) in [7, 11) is 1.55. The highest BCUT2D eigenvalue weighted by Crippen LogP contribution is 2.40. The summed E-state index contributed by atoms with van der Waals surface area (Å²) < 4.78 is 6.16. The Morgan fingerprint density at radius 1 is 0.887 bits per heavy atom. The topological polar surface area (TPSA) is 159 Å². The molecule has 1 heterocycles. The number of nitrogens with zero attached hydrogens (tertiary/aromatic N) is 1. The smallest absolute Gasteiger partial charge is 0.243 e. The number of ketones is 3. The standard InChI is InChI=1S/C50H58ClN3O8/c1-7-9-10-11-38(29-44(57)36-15-13-34(14-16-36)35-17-20-39(51)21-18-35)50(61)54(6)47-37-19-23-46(62-24-8-2)41(28-37)40-26-33(12-22-43(40)56)27-42(49(60)52-31(4)32(5)55)53-48(59)30(3)25-45(47)58/h12-23,26,28,30-31,38,42,47,56H,7-11,24-25,27,29H2,1-6H3,(H,52,60)(H,53,59)/t30-,31+,38-,42+,47+/m1/s1. The van der Waals surface area contributed by atoms with Gasteiger partial charge in [-0.15, -0.1) is 0 Å². The number of phenolic OH excluding ortho intramolecular Hbond substituents is 1. The Kier molecular flexibility index (Phi) is 16.6. The van der Waals surface area contributed by atoms with Crippen molar-refractivity contribution in [3.63, 3.8) is 0 Å². The number of halogens is 1. The zero-order chi connectivity index (χ0) is 45.1. The van der Waals surface area contributed by atoms with Crippen molar-refractivity contribution in [2.24, 2.45) is 11.8 Å². The van der Waals surface area contributed by atoms with Gasteiger partial charge in [-0.05, 0) is 85.3 Å². The minimum absolute atomic E-state index is 0.0193. The van der Waals surface area contributed by atoms with Crippen LogP contribution in [0.3, 0.4) is 0 Å². The van der Waals surface area contributed by atoms with Gasteiger partial charge in [-0.1, -0.05) is 100 Å². The van der Waals surface area contributed by atoms with E-state index in [2.05, 4.69) is 17.6 Å². The van der Waals surface area contributed by atoms with Gasteiger partial charge < -0.3 is 25.4 Å². The first-order chi connectivity index (χ1) is 29.6. The summed E-state index contributed by atoms with van der Waals surface area (Å²) in [5.74, 6) is -3.76. The summed E-state index contributed by atoms with van der Waals surface area (Å²) in [5.41, 5.74) is 4.18. The Labute approximate surface area is 369 Å². The number of unbranched alkanes of at least 4 members (excludes halogenated alkanes) is 2. The molecule has 0 aromatic heterocycles. The number of carbonyl (C=O) groups excluding carboxylic acids is 6. The first kappa shape index (κ1) is 47.2. The Bertz CT molecular complexity index is 2260. The maximum atomic E-state index is 14.8. The van der Waals surface area contributed by atoms with E-state index in [4.69, 9.17) is 16.3 Å². The van der Waals surface area contributed by atoms with Gasteiger partial charge in [-0.25, -0.2) is 0 Å². The Balaban J connectivity index is 1.54. The average molecular weight is 864 g/mol. The van der Waals surface area contributed by atoms with Crippen molar-refractivity contribution in [2.75, 3.05) is 13.7 Å². The van der Waals surface area contributed by atoms with Crippen molar-refractivity contribution in [1.29, 1.82) is 0 Å². The molecule has 0 saturated heterocycles. The predicted octanol–water partition coefficient (Wildman–Crippen LogP) is 8.87. The van der Waals surface area contributed by atoms with Crippen LogP contribution in [0.15, 0.2) is 84.9 Å². The summed E-state index contributed by atoms with van der Waals surface area (Å²) >= 11 is 6.08. The van der Waals surface area contributed by atoms with Crippen molar-refractivity contribution >= 4 is 46.7 Å². The van der Waals surface area contributed by atoms with E-state index in [0.717, 1.165) is 24.0 Å². The van der Waals surface area contributed by atoms with Crippen molar-refractivity contribution in [3.8, 4) is 33.8 Å². The molecule has 0 fully saturated rings. The molecule has 4 bridgehead atoms. The lowest BCUT2D eigenvalue weighted by Gasteiger charge is -2.32. The van der Waals surface area contributed by atoms with E-state index in [9.17, 15) is 33.9 Å². The highest BCUT2D eigenvalue weighted by atomic mass is 35.5. The molecule has 3 amide bonds. The van der Waals surface area contributed by atoms with Crippen LogP contribution < -0.4 is 15.4 Å². The summed E-state index contributed by atoms with van der Waals surface area (Å²) in [4.78, 5) is 84.2. The zero-order valence-corrected chi connectivity index (χ0v) is 37.2. The third-order valence-corrected chi connectivity index (χ3v) is 11.7. The van der Waals surface area contributed by atoms with Gasteiger partial charge in [0.1, 0.15) is 23.6 Å². The van der Waals surface area contributed by atoms with Crippen molar-refractivity contribution in [2.45, 2.75) is 104 Å². The SMILES string of the molecule is CCCCC[C@H](CC(=O)c1ccc(-c2ccc(Cl)cc2)cc1)C(=O)N(C)[C@@H]1C(=O)C[C@@H](C)C(=O)N[C@H](C(=O)N[C@@H](C)C(C)=O)Cc2ccc(O)c(c2)-c2cc1ccc2OCCC. The van der Waals surface area contributed by atoms with Crippen LogP contribution >= 0.6 is 11.6 Å². The van der Waals surface area contributed by atoms with E-state index in [-0.39, 0.29) is 36.6 Å². The lowest BCUT2D eigenvalue weighted by molar-refractivity contribution is -0.142. The van der Waals surface area contributed by atoms with E-state index in [1.165, 1.54) is 17.9 Å². The number of hydrogen-bond donors (Lipinski definition) is 3. The number of ether oxygens (including phenoxy) is 1. The number of carbonyl (C=O) groups is 6. The van der Waals surface area contributed by atoms with Crippen LogP contribution in [0.1, 0.15) is 107 Å². The van der Waals surface area contributed by atoms with E-state index < -0.39 is 53.5 Å². The molecule has 0 spiro atoms. The van der Waals surface area contributed by atoms with Crippen molar-refractivity contribution in [3.05, 3.63) is 107 Å². The lowest BCUT2D eigenvalue weighted by Crippen LogP contribution is -2.52. The number of fused-ring (bicyclic) bond motifs is 5. The number of aromatic hydroxyl groups is 1. The number of hydrogen-bond acceptors (Lipinski definition) is 8. The predicted molar refractivity (Wildman–Crippen MR) is 241 cm³/mol. The molecule has 62 heavy (non-hydrogen) atoms. The molecular weight excluding hydrogens is 806 g/mol. The summed E-state index contributed by atoms with van der Waals surface area (Å²) in [5, 5.41) is 17.4. The molecular formula is C50H58ClN3O8. The molecule has 12 heteroatoms. The fourth-order valence-electron chi connectivity index (χ4n) is 7.70. The molecule has 0 unspecified atom stereocenters. The van der Waals surface area contributed by atoms with E-state index in [0.29, 0.717) is 64.5 Å². The monoisotopic (exact) mass is 863 g/mol. The Morgan fingerprint density at radius 3 is 2.21 bits per heavy atom. The number of rotatable bonds is 16. The van der Waals surface area contributed by atoms with Gasteiger partial charge in [0.05, 0.1) is 12.6 Å². The van der Waals surface area contributed by atoms with Gasteiger partial charge in [-0.2, -0.15) is 0 Å². The Morgan fingerprint density at radius 2 is 1.56 bits per heavy atom. The zero-order valence-electron chi connectivity index (χ0n) is 36.5. The second-order valence-corrected chi connectivity index (χ2v) is 16.8. The van der Waals surface area contributed by atoms with Crippen LogP contribution in [0.25, 0.3) is 22.3 Å². The molecule has 328 valence electrons. The number of phenols is 1. The molecule has 3 N–H and O–H groups in total. The van der Waals surface area contributed by atoms with E-state index in [1.807, 2.05) is 31.2 Å². The highest BCUT2D eigenvalue weighted by Gasteiger charge is 2.36. The molecule has 5 rings (SSSR count). The summed E-state index contributed by atoms with van der Waals surface area (Å²) in [6, 6.07) is 21.5. The number of benzene rings is 4. The third-order valence-electron chi connectivity index (χ3n) is 11.5. The normalized spacial score (nSPS) is 17.5. The average Bonchev–Trinajstić information content (AvgIpc) is 3.25. The number of likely N-dealkylation sites (N-methyl/N-ethyl adjacent to an activating group) is 1. The van der Waals surface area contributed by atoms with Gasteiger partial charge in [0.2, 0.25) is 17.7 Å². The van der Waals surface area contributed by atoms with E-state index in [1.54, 1.807) is 75.5 Å². The second-order valence-electron chi connectivity index (χ2n) is 16.4. The quantitative estimate of drug-likeness (QED) is 0.0745. The maximum absolute atomic E-state index is 14.8. The molecule has 4 aromatic rings. The first-order valence-corrected chi connectivity index (χ1v) is 21.9. The second kappa shape index (κ2) is 21.8. The Hall–Kier alpha value is -5.81. The van der Waals surface area contributed by atoms with Gasteiger partial charge in [0.15, 0.2) is 17.3 Å².